The number of halogens is 3. The van der Waals surface area contributed by atoms with Gasteiger partial charge in [-0.3, -0.25) is 9.59 Å². The molecule has 2 aromatic rings. The van der Waals surface area contributed by atoms with Crippen molar-refractivity contribution in [2.75, 3.05) is 7.11 Å². The first-order valence-corrected chi connectivity index (χ1v) is 8.07. The molecule has 0 radical (unpaired) electrons. The first-order valence-electron chi connectivity index (χ1n) is 7.19. The van der Waals surface area contributed by atoms with Gasteiger partial charge < -0.3 is 19.9 Å². The SMILES string of the molecule is COc1ccsc1C(=O)NC(CC(=O)O)c1ccc(OC(F)(F)F)cc1. The lowest BCUT2D eigenvalue weighted by Gasteiger charge is -2.18. The fourth-order valence-electron chi connectivity index (χ4n) is 2.18. The molecule has 0 saturated carbocycles. The summed E-state index contributed by atoms with van der Waals surface area (Å²) in [5.74, 6) is -1.82. The number of hydrogen-bond donors (Lipinski definition) is 2. The molecule has 0 aliphatic heterocycles. The van der Waals surface area contributed by atoms with Crippen LogP contribution in [0.2, 0.25) is 0 Å². The zero-order valence-electron chi connectivity index (χ0n) is 13.4. The van der Waals surface area contributed by atoms with Crippen LogP contribution in [-0.4, -0.2) is 30.5 Å². The predicted molar refractivity (Wildman–Crippen MR) is 86.5 cm³/mol. The van der Waals surface area contributed by atoms with Gasteiger partial charge in [-0.05, 0) is 29.1 Å². The van der Waals surface area contributed by atoms with E-state index in [9.17, 15) is 22.8 Å². The Hall–Kier alpha value is -2.75. The number of carbonyl (C=O) groups excluding carboxylic acids is 1. The Labute approximate surface area is 150 Å². The number of amides is 1. The smallest absolute Gasteiger partial charge is 0.495 e. The van der Waals surface area contributed by atoms with E-state index in [-0.39, 0.29) is 4.88 Å². The Morgan fingerprint density at radius 1 is 1.23 bits per heavy atom. The number of hydrogen-bond acceptors (Lipinski definition) is 5. The lowest BCUT2D eigenvalue weighted by atomic mass is 10.0. The third-order valence-electron chi connectivity index (χ3n) is 3.26. The number of alkyl halides is 3. The van der Waals surface area contributed by atoms with Crippen LogP contribution in [0.4, 0.5) is 13.2 Å². The fourth-order valence-corrected chi connectivity index (χ4v) is 2.94. The van der Waals surface area contributed by atoms with Crippen LogP contribution in [0.5, 0.6) is 11.5 Å². The Balaban J connectivity index is 2.19. The number of rotatable bonds is 7. The van der Waals surface area contributed by atoms with E-state index in [2.05, 4.69) is 10.1 Å². The number of carboxylic acid groups (broad SMARTS) is 1. The average Bonchev–Trinajstić information content (AvgIpc) is 3.01. The van der Waals surface area contributed by atoms with Gasteiger partial charge in [0, 0.05) is 0 Å². The highest BCUT2D eigenvalue weighted by atomic mass is 32.1. The molecule has 1 atom stereocenters. The number of thiophene rings is 1. The summed E-state index contributed by atoms with van der Waals surface area (Å²) in [5, 5.41) is 13.2. The second-order valence-electron chi connectivity index (χ2n) is 5.06. The molecule has 0 fully saturated rings. The molecule has 1 aromatic carbocycles. The molecule has 26 heavy (non-hydrogen) atoms. The van der Waals surface area contributed by atoms with E-state index in [0.29, 0.717) is 11.3 Å². The van der Waals surface area contributed by atoms with E-state index in [1.54, 1.807) is 11.4 Å². The second kappa shape index (κ2) is 8.09. The standard InChI is InChI=1S/C16H14F3NO5S/c1-24-12-6-7-26-14(12)15(23)20-11(8-13(21)22)9-2-4-10(5-3-9)25-16(17,18)19/h2-7,11H,8H2,1H3,(H,20,23)(H,21,22). The number of nitrogens with one attached hydrogen (secondary N) is 1. The minimum atomic E-state index is -4.83. The van der Waals surface area contributed by atoms with E-state index < -0.39 is 36.5 Å². The number of carbonyl (C=O) groups is 2. The maximum atomic E-state index is 12.4. The van der Waals surface area contributed by atoms with Crippen molar-refractivity contribution in [3.8, 4) is 11.5 Å². The van der Waals surface area contributed by atoms with Crippen molar-refractivity contribution in [3.63, 3.8) is 0 Å². The highest BCUT2D eigenvalue weighted by Crippen LogP contribution is 2.28. The van der Waals surface area contributed by atoms with Crippen molar-refractivity contribution in [2.24, 2.45) is 0 Å². The summed E-state index contributed by atoms with van der Waals surface area (Å²) >= 11 is 1.12. The van der Waals surface area contributed by atoms with E-state index in [1.165, 1.54) is 19.2 Å². The molecule has 0 aliphatic rings. The predicted octanol–water partition coefficient (Wildman–Crippen LogP) is 3.60. The topological polar surface area (TPSA) is 84.9 Å². The maximum absolute atomic E-state index is 12.4. The lowest BCUT2D eigenvalue weighted by molar-refractivity contribution is -0.274. The van der Waals surface area contributed by atoms with Crippen LogP contribution in [0.15, 0.2) is 35.7 Å². The van der Waals surface area contributed by atoms with Crippen LogP contribution in [0, 0.1) is 0 Å². The minimum absolute atomic E-state index is 0.264. The third kappa shape index (κ3) is 5.38. The van der Waals surface area contributed by atoms with Crippen molar-refractivity contribution in [1.29, 1.82) is 0 Å². The molecule has 0 spiro atoms. The van der Waals surface area contributed by atoms with Crippen LogP contribution < -0.4 is 14.8 Å². The summed E-state index contributed by atoms with van der Waals surface area (Å²) in [4.78, 5) is 23.7. The highest BCUT2D eigenvalue weighted by Gasteiger charge is 2.31. The van der Waals surface area contributed by atoms with Gasteiger partial charge in [0.2, 0.25) is 0 Å². The van der Waals surface area contributed by atoms with Crippen molar-refractivity contribution >= 4 is 23.2 Å². The van der Waals surface area contributed by atoms with Gasteiger partial charge in [-0.1, -0.05) is 12.1 Å². The van der Waals surface area contributed by atoms with Gasteiger partial charge >= 0.3 is 12.3 Å². The van der Waals surface area contributed by atoms with Crippen LogP contribution in [0.25, 0.3) is 0 Å². The molecule has 0 saturated heterocycles. The van der Waals surface area contributed by atoms with Crippen LogP contribution in [-0.2, 0) is 4.79 Å². The molecule has 0 aliphatic carbocycles. The number of methoxy groups -OCH3 is 1. The van der Waals surface area contributed by atoms with Crippen molar-refractivity contribution in [2.45, 2.75) is 18.8 Å². The third-order valence-corrected chi connectivity index (χ3v) is 4.15. The Morgan fingerprint density at radius 3 is 2.42 bits per heavy atom. The molecular weight excluding hydrogens is 375 g/mol. The van der Waals surface area contributed by atoms with E-state index in [1.807, 2.05) is 0 Å². The quantitative estimate of drug-likeness (QED) is 0.756. The molecule has 10 heteroatoms. The normalized spacial score (nSPS) is 12.3. The molecule has 1 aromatic heterocycles. The molecule has 1 heterocycles. The largest absolute Gasteiger partial charge is 0.573 e. The lowest BCUT2D eigenvalue weighted by Crippen LogP contribution is -2.30. The summed E-state index contributed by atoms with van der Waals surface area (Å²) < 4.78 is 45.4. The summed E-state index contributed by atoms with van der Waals surface area (Å²) in [6.45, 7) is 0. The summed E-state index contributed by atoms with van der Waals surface area (Å²) in [5.41, 5.74) is 0.325. The van der Waals surface area contributed by atoms with Gasteiger partial charge in [-0.15, -0.1) is 24.5 Å². The Bertz CT molecular complexity index is 773. The highest BCUT2D eigenvalue weighted by molar-refractivity contribution is 7.12. The zero-order chi connectivity index (χ0) is 19.3. The van der Waals surface area contributed by atoms with Gasteiger partial charge in [0.05, 0.1) is 19.6 Å². The molecule has 0 bridgehead atoms. The average molecular weight is 389 g/mol. The van der Waals surface area contributed by atoms with Gasteiger partial charge in [-0.25, -0.2) is 0 Å². The van der Waals surface area contributed by atoms with Crippen molar-refractivity contribution in [1.82, 2.24) is 5.32 Å². The summed E-state index contributed by atoms with van der Waals surface area (Å²) in [6.07, 6.45) is -5.27. The second-order valence-corrected chi connectivity index (χ2v) is 5.97. The number of ether oxygens (including phenoxy) is 2. The molecule has 2 N–H and O–H groups in total. The van der Waals surface area contributed by atoms with Crippen molar-refractivity contribution in [3.05, 3.63) is 46.2 Å². The van der Waals surface area contributed by atoms with E-state index in [4.69, 9.17) is 9.84 Å². The van der Waals surface area contributed by atoms with Gasteiger partial charge in [0.25, 0.3) is 5.91 Å². The molecule has 6 nitrogen and oxygen atoms in total. The van der Waals surface area contributed by atoms with Crippen LogP contribution >= 0.6 is 11.3 Å². The number of benzene rings is 1. The van der Waals surface area contributed by atoms with Crippen molar-refractivity contribution < 1.29 is 37.3 Å². The molecular formula is C16H14F3NO5S. The molecule has 1 unspecified atom stereocenters. The minimum Gasteiger partial charge on any atom is -0.495 e. The number of aliphatic carboxylic acids is 1. The Morgan fingerprint density at radius 2 is 1.88 bits per heavy atom. The van der Waals surface area contributed by atoms with Gasteiger partial charge in [0.15, 0.2) is 0 Å². The van der Waals surface area contributed by atoms with Gasteiger partial charge in [-0.2, -0.15) is 0 Å². The van der Waals surface area contributed by atoms with Crippen LogP contribution in [0.3, 0.4) is 0 Å². The van der Waals surface area contributed by atoms with E-state index >= 15 is 0 Å². The summed E-state index contributed by atoms with van der Waals surface area (Å²) in [6, 6.07) is 5.29. The van der Waals surface area contributed by atoms with Crippen LogP contribution in [0.1, 0.15) is 27.7 Å². The Kier molecular flexibility index (Phi) is 6.09. The monoisotopic (exact) mass is 389 g/mol. The summed E-state index contributed by atoms with van der Waals surface area (Å²) in [7, 11) is 1.40. The van der Waals surface area contributed by atoms with Gasteiger partial charge in [0.1, 0.15) is 16.4 Å². The maximum Gasteiger partial charge on any atom is 0.573 e. The molecule has 140 valence electrons. The zero-order valence-corrected chi connectivity index (χ0v) is 14.2. The first-order chi connectivity index (χ1) is 12.2. The molecule has 1 amide bonds. The van der Waals surface area contributed by atoms with E-state index in [0.717, 1.165) is 23.5 Å². The fraction of sp³-hybridized carbons (Fsp3) is 0.250. The first kappa shape index (κ1) is 19.6. The number of carboxylic acids is 1. The molecule has 2 rings (SSSR count).